The minimum Gasteiger partial charge on any atom is -0.490 e. The SMILES string of the molecule is CCOc1cc(C(=O)NCC(=O)NC(C)C)ccc1OC(F)F. The monoisotopic (exact) mass is 330 g/mol. The van der Waals surface area contributed by atoms with Gasteiger partial charge in [0, 0.05) is 11.6 Å². The van der Waals surface area contributed by atoms with Crippen LogP contribution in [0.15, 0.2) is 18.2 Å². The van der Waals surface area contributed by atoms with Crippen LogP contribution in [-0.4, -0.2) is 37.6 Å². The molecule has 0 aliphatic carbocycles. The van der Waals surface area contributed by atoms with Crippen LogP contribution in [0, 0.1) is 0 Å². The van der Waals surface area contributed by atoms with Gasteiger partial charge in [-0.2, -0.15) is 8.78 Å². The molecule has 0 aromatic heterocycles. The molecule has 1 aromatic carbocycles. The first-order valence-electron chi connectivity index (χ1n) is 7.12. The van der Waals surface area contributed by atoms with Crippen molar-refractivity contribution in [1.82, 2.24) is 10.6 Å². The average molecular weight is 330 g/mol. The predicted molar refractivity (Wildman–Crippen MR) is 79.9 cm³/mol. The van der Waals surface area contributed by atoms with E-state index in [0.717, 1.165) is 0 Å². The van der Waals surface area contributed by atoms with Crippen molar-refractivity contribution in [3.63, 3.8) is 0 Å². The van der Waals surface area contributed by atoms with Crippen molar-refractivity contribution in [2.45, 2.75) is 33.4 Å². The van der Waals surface area contributed by atoms with Gasteiger partial charge in [-0.1, -0.05) is 0 Å². The van der Waals surface area contributed by atoms with Gasteiger partial charge in [-0.3, -0.25) is 9.59 Å². The second kappa shape index (κ2) is 8.92. The lowest BCUT2D eigenvalue weighted by atomic mass is 10.2. The van der Waals surface area contributed by atoms with Gasteiger partial charge in [0.25, 0.3) is 5.91 Å². The molecule has 0 heterocycles. The lowest BCUT2D eigenvalue weighted by molar-refractivity contribution is -0.120. The smallest absolute Gasteiger partial charge is 0.387 e. The number of carbonyl (C=O) groups is 2. The zero-order chi connectivity index (χ0) is 17.4. The molecule has 0 unspecified atom stereocenters. The first kappa shape index (κ1) is 18.7. The van der Waals surface area contributed by atoms with Crippen LogP contribution in [0.3, 0.4) is 0 Å². The van der Waals surface area contributed by atoms with E-state index in [-0.39, 0.29) is 42.2 Å². The van der Waals surface area contributed by atoms with Crippen molar-refractivity contribution in [2.75, 3.05) is 13.2 Å². The fourth-order valence-corrected chi connectivity index (χ4v) is 1.75. The van der Waals surface area contributed by atoms with Gasteiger partial charge in [-0.15, -0.1) is 0 Å². The van der Waals surface area contributed by atoms with Crippen LogP contribution in [0.25, 0.3) is 0 Å². The standard InChI is InChI=1S/C15H20F2N2O4/c1-4-22-12-7-10(5-6-11(12)23-15(16)17)14(21)18-8-13(20)19-9(2)3/h5-7,9,15H,4,8H2,1-3H3,(H,18,21)(H,19,20). The van der Waals surface area contributed by atoms with Crippen LogP contribution >= 0.6 is 0 Å². The molecule has 0 fully saturated rings. The van der Waals surface area contributed by atoms with Gasteiger partial charge in [0.2, 0.25) is 5.91 Å². The minimum absolute atomic E-state index is 0.0326. The minimum atomic E-state index is -2.99. The zero-order valence-corrected chi connectivity index (χ0v) is 13.2. The number of rotatable bonds is 8. The van der Waals surface area contributed by atoms with E-state index in [1.165, 1.54) is 18.2 Å². The third-order valence-electron chi connectivity index (χ3n) is 2.58. The van der Waals surface area contributed by atoms with E-state index >= 15 is 0 Å². The van der Waals surface area contributed by atoms with Crippen LogP contribution < -0.4 is 20.1 Å². The molecule has 23 heavy (non-hydrogen) atoms. The summed E-state index contributed by atoms with van der Waals surface area (Å²) < 4.78 is 34.1. The average Bonchev–Trinajstić information content (AvgIpc) is 2.45. The van der Waals surface area contributed by atoms with Gasteiger partial charge < -0.3 is 20.1 Å². The molecule has 0 bridgehead atoms. The molecule has 2 N–H and O–H groups in total. The van der Waals surface area contributed by atoms with Crippen molar-refractivity contribution in [1.29, 1.82) is 0 Å². The molecule has 0 saturated heterocycles. The highest BCUT2D eigenvalue weighted by molar-refractivity contribution is 5.97. The van der Waals surface area contributed by atoms with Crippen LogP contribution in [0.5, 0.6) is 11.5 Å². The number of amides is 2. The first-order chi connectivity index (χ1) is 10.8. The molecule has 2 amide bonds. The molecule has 128 valence electrons. The Kier molecular flexibility index (Phi) is 7.24. The summed E-state index contributed by atoms with van der Waals surface area (Å²) in [5.74, 6) is -0.965. The fraction of sp³-hybridized carbons (Fsp3) is 0.467. The molecule has 0 aliphatic rings. The molecule has 0 atom stereocenters. The third kappa shape index (κ3) is 6.50. The first-order valence-corrected chi connectivity index (χ1v) is 7.12. The highest BCUT2D eigenvalue weighted by atomic mass is 19.3. The lowest BCUT2D eigenvalue weighted by Gasteiger charge is -2.13. The Bertz CT molecular complexity index is 550. The van der Waals surface area contributed by atoms with E-state index in [4.69, 9.17) is 4.74 Å². The van der Waals surface area contributed by atoms with Crippen molar-refractivity contribution in [2.24, 2.45) is 0 Å². The predicted octanol–water partition coefficient (Wildman–Crippen LogP) is 1.94. The molecule has 0 aliphatic heterocycles. The van der Waals surface area contributed by atoms with E-state index in [2.05, 4.69) is 15.4 Å². The Balaban J connectivity index is 2.77. The molecular formula is C15H20F2N2O4. The number of hydrogen-bond acceptors (Lipinski definition) is 4. The van der Waals surface area contributed by atoms with E-state index in [9.17, 15) is 18.4 Å². The summed E-state index contributed by atoms with van der Waals surface area (Å²) in [5, 5.41) is 5.07. The Morgan fingerprint density at radius 1 is 1.22 bits per heavy atom. The summed E-state index contributed by atoms with van der Waals surface area (Å²) in [7, 11) is 0. The number of hydrogen-bond donors (Lipinski definition) is 2. The summed E-state index contributed by atoms with van der Waals surface area (Å²) in [5.41, 5.74) is 0.174. The number of alkyl halides is 2. The molecule has 0 radical (unpaired) electrons. The van der Waals surface area contributed by atoms with E-state index in [1.807, 2.05) is 0 Å². The van der Waals surface area contributed by atoms with E-state index < -0.39 is 12.5 Å². The van der Waals surface area contributed by atoms with Crippen LogP contribution in [-0.2, 0) is 4.79 Å². The number of carbonyl (C=O) groups excluding carboxylic acids is 2. The molecule has 1 aromatic rings. The second-order valence-corrected chi connectivity index (χ2v) is 4.88. The highest BCUT2D eigenvalue weighted by Gasteiger charge is 2.15. The largest absolute Gasteiger partial charge is 0.490 e. The van der Waals surface area contributed by atoms with Crippen LogP contribution in [0.2, 0.25) is 0 Å². The Morgan fingerprint density at radius 3 is 2.48 bits per heavy atom. The van der Waals surface area contributed by atoms with Gasteiger partial charge in [-0.25, -0.2) is 0 Å². The summed E-state index contributed by atoms with van der Waals surface area (Å²) in [4.78, 5) is 23.5. The van der Waals surface area contributed by atoms with E-state index in [0.29, 0.717) is 0 Å². The fourth-order valence-electron chi connectivity index (χ4n) is 1.75. The molecule has 6 nitrogen and oxygen atoms in total. The Morgan fingerprint density at radius 2 is 1.91 bits per heavy atom. The number of benzene rings is 1. The maximum atomic E-state index is 12.3. The van der Waals surface area contributed by atoms with Gasteiger partial charge in [-0.05, 0) is 39.0 Å². The molecular weight excluding hydrogens is 310 g/mol. The highest BCUT2D eigenvalue weighted by Crippen LogP contribution is 2.29. The number of nitrogens with one attached hydrogen (secondary N) is 2. The normalized spacial score (nSPS) is 10.6. The van der Waals surface area contributed by atoms with Crippen molar-refractivity contribution >= 4 is 11.8 Å². The summed E-state index contributed by atoms with van der Waals surface area (Å²) in [6, 6.07) is 3.79. The maximum absolute atomic E-state index is 12.3. The second-order valence-electron chi connectivity index (χ2n) is 4.88. The van der Waals surface area contributed by atoms with Crippen LogP contribution in [0.4, 0.5) is 8.78 Å². The van der Waals surface area contributed by atoms with Gasteiger partial charge in [0.15, 0.2) is 11.5 Å². The number of ether oxygens (including phenoxy) is 2. The maximum Gasteiger partial charge on any atom is 0.387 e. The van der Waals surface area contributed by atoms with Gasteiger partial charge in [0.05, 0.1) is 13.2 Å². The van der Waals surface area contributed by atoms with E-state index in [1.54, 1.807) is 20.8 Å². The topological polar surface area (TPSA) is 76.7 Å². The Labute approximate surface area is 133 Å². The summed E-state index contributed by atoms with van der Waals surface area (Å²) in [6.45, 7) is 2.33. The molecule has 1 rings (SSSR count). The van der Waals surface area contributed by atoms with Crippen molar-refractivity contribution < 1.29 is 27.8 Å². The lowest BCUT2D eigenvalue weighted by Crippen LogP contribution is -2.39. The van der Waals surface area contributed by atoms with Gasteiger partial charge in [0.1, 0.15) is 0 Å². The summed E-state index contributed by atoms with van der Waals surface area (Å²) in [6.07, 6.45) is 0. The third-order valence-corrected chi connectivity index (χ3v) is 2.58. The summed E-state index contributed by atoms with van der Waals surface area (Å²) >= 11 is 0. The molecule has 0 spiro atoms. The van der Waals surface area contributed by atoms with Crippen LogP contribution in [0.1, 0.15) is 31.1 Å². The van der Waals surface area contributed by atoms with Crippen molar-refractivity contribution in [3.8, 4) is 11.5 Å². The van der Waals surface area contributed by atoms with Gasteiger partial charge >= 0.3 is 6.61 Å². The Hall–Kier alpha value is -2.38. The zero-order valence-electron chi connectivity index (χ0n) is 13.2. The quantitative estimate of drug-likeness (QED) is 0.764. The van der Waals surface area contributed by atoms with Crippen molar-refractivity contribution in [3.05, 3.63) is 23.8 Å². The molecule has 8 heteroatoms. The molecule has 0 saturated carbocycles. The number of halogens is 2.